The van der Waals surface area contributed by atoms with Crippen molar-refractivity contribution in [3.05, 3.63) is 24.1 Å². The van der Waals surface area contributed by atoms with E-state index in [1.54, 1.807) is 11.8 Å². The highest BCUT2D eigenvalue weighted by molar-refractivity contribution is 7.98. The Morgan fingerprint density at radius 2 is 2.21 bits per heavy atom. The van der Waals surface area contributed by atoms with Gasteiger partial charge < -0.3 is 9.09 Å². The predicted molar refractivity (Wildman–Crippen MR) is 73.1 cm³/mol. The van der Waals surface area contributed by atoms with Gasteiger partial charge in [0.25, 0.3) is 0 Å². The second-order valence-corrected chi connectivity index (χ2v) is 6.84. The molecule has 19 heavy (non-hydrogen) atoms. The smallest absolute Gasteiger partial charge is 0.237 e. The van der Waals surface area contributed by atoms with E-state index in [0.29, 0.717) is 17.7 Å². The van der Waals surface area contributed by atoms with Crippen LogP contribution in [0.25, 0.3) is 0 Å². The van der Waals surface area contributed by atoms with Crippen molar-refractivity contribution < 1.29 is 4.52 Å². The molecule has 0 N–H and O–H groups in total. The standard InChI is InChI=1S/C13H18N4OS/c1-13(2,3)11-15-10(18-16-11)8-19-12-14-6-7-17(12)9-4-5-9/h6-7,9H,4-5,8H2,1-3H3. The van der Waals surface area contributed by atoms with Gasteiger partial charge in [-0.15, -0.1) is 0 Å². The maximum Gasteiger partial charge on any atom is 0.237 e. The molecular weight excluding hydrogens is 260 g/mol. The Morgan fingerprint density at radius 1 is 1.42 bits per heavy atom. The third-order valence-corrected chi connectivity index (χ3v) is 4.00. The van der Waals surface area contributed by atoms with Crippen molar-refractivity contribution in [1.82, 2.24) is 19.7 Å². The second kappa shape index (κ2) is 4.67. The molecule has 2 aromatic rings. The number of hydrogen-bond acceptors (Lipinski definition) is 5. The van der Waals surface area contributed by atoms with E-state index in [-0.39, 0.29) is 5.41 Å². The largest absolute Gasteiger partial charge is 0.338 e. The monoisotopic (exact) mass is 278 g/mol. The highest BCUT2D eigenvalue weighted by Crippen LogP contribution is 2.38. The summed E-state index contributed by atoms with van der Waals surface area (Å²) >= 11 is 1.65. The van der Waals surface area contributed by atoms with Crippen LogP contribution in [0.5, 0.6) is 0 Å². The van der Waals surface area contributed by atoms with Crippen molar-refractivity contribution in [2.75, 3.05) is 0 Å². The van der Waals surface area contributed by atoms with Crippen molar-refractivity contribution in [2.45, 2.75) is 56.0 Å². The Balaban J connectivity index is 1.65. The summed E-state index contributed by atoms with van der Waals surface area (Å²) in [5.41, 5.74) is -0.0705. The van der Waals surface area contributed by atoms with Gasteiger partial charge in [-0.3, -0.25) is 0 Å². The van der Waals surface area contributed by atoms with Crippen LogP contribution in [-0.4, -0.2) is 19.7 Å². The first-order valence-electron chi connectivity index (χ1n) is 6.53. The average molecular weight is 278 g/mol. The van der Waals surface area contributed by atoms with E-state index in [4.69, 9.17) is 4.52 Å². The van der Waals surface area contributed by atoms with Crippen molar-refractivity contribution in [3.63, 3.8) is 0 Å². The van der Waals surface area contributed by atoms with Crippen LogP contribution >= 0.6 is 11.8 Å². The van der Waals surface area contributed by atoms with Crippen LogP contribution in [0.1, 0.15) is 51.4 Å². The third kappa shape index (κ3) is 2.83. The fourth-order valence-electron chi connectivity index (χ4n) is 1.79. The molecule has 6 heteroatoms. The van der Waals surface area contributed by atoms with Gasteiger partial charge in [0.1, 0.15) is 0 Å². The van der Waals surface area contributed by atoms with Crippen LogP contribution < -0.4 is 0 Å². The number of hydrogen-bond donors (Lipinski definition) is 0. The maximum atomic E-state index is 5.29. The number of rotatable bonds is 4. The van der Waals surface area contributed by atoms with Gasteiger partial charge in [0.2, 0.25) is 5.89 Å². The first kappa shape index (κ1) is 12.7. The summed E-state index contributed by atoms with van der Waals surface area (Å²) in [6, 6.07) is 0.651. The Kier molecular flexibility index (Phi) is 3.12. The van der Waals surface area contributed by atoms with E-state index in [9.17, 15) is 0 Å². The van der Waals surface area contributed by atoms with Gasteiger partial charge in [0.05, 0.1) is 5.75 Å². The molecule has 0 bridgehead atoms. The van der Waals surface area contributed by atoms with Gasteiger partial charge in [0.15, 0.2) is 11.0 Å². The molecule has 1 aliphatic carbocycles. The Morgan fingerprint density at radius 3 is 2.84 bits per heavy atom. The first-order chi connectivity index (χ1) is 9.04. The predicted octanol–water partition coefficient (Wildman–Crippen LogP) is 3.19. The van der Waals surface area contributed by atoms with Crippen molar-refractivity contribution >= 4 is 11.8 Å². The molecule has 3 rings (SSSR count). The molecule has 5 nitrogen and oxygen atoms in total. The Labute approximate surface area is 116 Å². The third-order valence-electron chi connectivity index (χ3n) is 3.04. The SMILES string of the molecule is CC(C)(C)c1noc(CSc2nccn2C2CC2)n1. The molecular formula is C13H18N4OS. The Hall–Kier alpha value is -1.30. The molecule has 2 aromatic heterocycles. The normalized spacial score (nSPS) is 15.9. The molecule has 102 valence electrons. The summed E-state index contributed by atoms with van der Waals surface area (Å²) in [5.74, 6) is 2.10. The molecule has 0 spiro atoms. The van der Waals surface area contributed by atoms with Gasteiger partial charge in [-0.2, -0.15) is 4.98 Å². The van der Waals surface area contributed by atoms with Crippen LogP contribution in [0.2, 0.25) is 0 Å². The number of imidazole rings is 1. The van der Waals surface area contributed by atoms with Gasteiger partial charge in [0, 0.05) is 23.9 Å². The number of nitrogens with zero attached hydrogens (tertiary/aromatic N) is 4. The van der Waals surface area contributed by atoms with Gasteiger partial charge in [-0.05, 0) is 12.8 Å². The van der Waals surface area contributed by atoms with E-state index in [2.05, 4.69) is 40.5 Å². The van der Waals surface area contributed by atoms with Crippen LogP contribution in [0.15, 0.2) is 22.1 Å². The topological polar surface area (TPSA) is 56.7 Å². The second-order valence-electron chi connectivity index (χ2n) is 5.90. The number of aromatic nitrogens is 4. The average Bonchev–Trinajstić information content (AvgIpc) is 2.91. The molecule has 0 radical (unpaired) electrons. The van der Waals surface area contributed by atoms with E-state index >= 15 is 0 Å². The molecule has 1 aliphatic rings. The lowest BCUT2D eigenvalue weighted by molar-refractivity contribution is 0.372. The summed E-state index contributed by atoms with van der Waals surface area (Å²) < 4.78 is 7.53. The van der Waals surface area contributed by atoms with Gasteiger partial charge >= 0.3 is 0 Å². The summed E-state index contributed by atoms with van der Waals surface area (Å²) in [4.78, 5) is 8.82. The van der Waals surface area contributed by atoms with Crippen molar-refractivity contribution in [3.8, 4) is 0 Å². The molecule has 1 fully saturated rings. The minimum atomic E-state index is -0.0705. The first-order valence-corrected chi connectivity index (χ1v) is 7.51. The summed E-state index contributed by atoms with van der Waals surface area (Å²) in [5, 5.41) is 5.07. The van der Waals surface area contributed by atoms with E-state index in [0.717, 1.165) is 11.0 Å². The quantitative estimate of drug-likeness (QED) is 0.804. The fourth-order valence-corrected chi connectivity index (χ4v) is 2.65. The van der Waals surface area contributed by atoms with Crippen molar-refractivity contribution in [1.29, 1.82) is 0 Å². The molecule has 0 saturated heterocycles. The summed E-state index contributed by atoms with van der Waals surface area (Å²) in [6.45, 7) is 6.23. The van der Waals surface area contributed by atoms with E-state index in [1.807, 2.05) is 12.4 Å². The Bertz CT molecular complexity index is 565. The van der Waals surface area contributed by atoms with Crippen LogP contribution in [0.4, 0.5) is 0 Å². The molecule has 0 atom stereocenters. The molecule has 0 aliphatic heterocycles. The van der Waals surface area contributed by atoms with Crippen LogP contribution in [-0.2, 0) is 11.2 Å². The molecule has 2 heterocycles. The van der Waals surface area contributed by atoms with E-state index < -0.39 is 0 Å². The highest BCUT2D eigenvalue weighted by atomic mass is 32.2. The van der Waals surface area contributed by atoms with Gasteiger partial charge in [-0.25, -0.2) is 4.98 Å². The zero-order valence-electron chi connectivity index (χ0n) is 11.5. The van der Waals surface area contributed by atoms with Crippen LogP contribution in [0.3, 0.4) is 0 Å². The lowest BCUT2D eigenvalue weighted by Crippen LogP contribution is -2.13. The minimum Gasteiger partial charge on any atom is -0.338 e. The maximum absolute atomic E-state index is 5.29. The minimum absolute atomic E-state index is 0.0705. The summed E-state index contributed by atoms with van der Waals surface area (Å²) in [6.07, 6.45) is 6.43. The summed E-state index contributed by atoms with van der Waals surface area (Å²) in [7, 11) is 0. The fraction of sp³-hybridized carbons (Fsp3) is 0.615. The highest BCUT2D eigenvalue weighted by Gasteiger charge is 2.26. The molecule has 1 saturated carbocycles. The van der Waals surface area contributed by atoms with Gasteiger partial charge in [-0.1, -0.05) is 37.7 Å². The molecule has 0 amide bonds. The molecule has 0 aromatic carbocycles. The number of thioether (sulfide) groups is 1. The zero-order chi connectivity index (χ0) is 13.5. The lowest BCUT2D eigenvalue weighted by Gasteiger charge is -2.10. The van der Waals surface area contributed by atoms with E-state index in [1.165, 1.54) is 12.8 Å². The van der Waals surface area contributed by atoms with Crippen LogP contribution in [0, 0.1) is 0 Å². The zero-order valence-corrected chi connectivity index (χ0v) is 12.3. The lowest BCUT2D eigenvalue weighted by atomic mass is 9.96. The van der Waals surface area contributed by atoms with Crippen molar-refractivity contribution in [2.24, 2.45) is 0 Å². The molecule has 0 unspecified atom stereocenters.